The van der Waals surface area contributed by atoms with Crippen molar-refractivity contribution in [1.29, 1.82) is 0 Å². The van der Waals surface area contributed by atoms with Gasteiger partial charge in [0, 0.05) is 20.1 Å². The van der Waals surface area contributed by atoms with E-state index in [4.69, 9.17) is 10.5 Å². The van der Waals surface area contributed by atoms with Crippen LogP contribution in [0.15, 0.2) is 4.99 Å². The van der Waals surface area contributed by atoms with Crippen LogP contribution in [0.1, 0.15) is 6.92 Å². The fourth-order valence-corrected chi connectivity index (χ4v) is 1.36. The SMILES string of the molecule is CNC(=O)CN=C(N)N1CCOC(C)C1.I. The molecule has 6 nitrogen and oxygen atoms in total. The molecule has 0 spiro atoms. The molecule has 7 heteroatoms. The Hall–Kier alpha value is -0.570. The average Bonchev–Trinajstić information content (AvgIpc) is 2.25. The highest BCUT2D eigenvalue weighted by Gasteiger charge is 2.17. The summed E-state index contributed by atoms with van der Waals surface area (Å²) in [7, 11) is 1.57. The summed E-state index contributed by atoms with van der Waals surface area (Å²) in [6, 6.07) is 0. The number of amides is 1. The number of morpholine rings is 1. The molecule has 1 unspecified atom stereocenters. The number of carbonyl (C=O) groups excluding carboxylic acids is 1. The maximum atomic E-state index is 10.9. The molecule has 3 N–H and O–H groups in total. The smallest absolute Gasteiger partial charge is 0.241 e. The van der Waals surface area contributed by atoms with Crippen molar-refractivity contribution in [3.8, 4) is 0 Å². The first-order valence-corrected chi connectivity index (χ1v) is 5.00. The Morgan fingerprint density at radius 3 is 2.94 bits per heavy atom. The number of guanidine groups is 1. The molecule has 1 aliphatic heterocycles. The van der Waals surface area contributed by atoms with E-state index in [1.54, 1.807) is 7.05 Å². The van der Waals surface area contributed by atoms with Gasteiger partial charge in [-0.3, -0.25) is 4.79 Å². The van der Waals surface area contributed by atoms with Crippen molar-refractivity contribution in [2.75, 3.05) is 33.3 Å². The molecule has 0 aliphatic carbocycles. The largest absolute Gasteiger partial charge is 0.375 e. The van der Waals surface area contributed by atoms with Gasteiger partial charge in [0.05, 0.1) is 12.7 Å². The van der Waals surface area contributed by atoms with Gasteiger partial charge in [0.25, 0.3) is 0 Å². The van der Waals surface area contributed by atoms with Crippen LogP contribution in [-0.4, -0.2) is 56.2 Å². The molecule has 16 heavy (non-hydrogen) atoms. The standard InChI is InChI=1S/C9H18N4O2.HI/c1-7-6-13(3-4-15-7)9(10)12-5-8(14)11-2;/h7H,3-6H2,1-2H3,(H2,10,12)(H,11,14);1H. The van der Waals surface area contributed by atoms with Crippen LogP contribution in [0.4, 0.5) is 0 Å². The first-order valence-electron chi connectivity index (χ1n) is 5.00. The van der Waals surface area contributed by atoms with E-state index in [1.165, 1.54) is 0 Å². The first-order chi connectivity index (χ1) is 7.13. The van der Waals surface area contributed by atoms with Gasteiger partial charge in [-0.25, -0.2) is 4.99 Å². The van der Waals surface area contributed by atoms with Crippen LogP contribution >= 0.6 is 24.0 Å². The van der Waals surface area contributed by atoms with Gasteiger partial charge in [-0.1, -0.05) is 0 Å². The molecule has 0 aromatic carbocycles. The van der Waals surface area contributed by atoms with E-state index in [0.29, 0.717) is 12.6 Å². The van der Waals surface area contributed by atoms with Crippen LogP contribution in [0.5, 0.6) is 0 Å². The minimum Gasteiger partial charge on any atom is -0.375 e. The van der Waals surface area contributed by atoms with Crippen molar-refractivity contribution >= 4 is 35.8 Å². The lowest BCUT2D eigenvalue weighted by Crippen LogP contribution is -2.48. The molecule has 1 amide bonds. The molecule has 94 valence electrons. The average molecular weight is 342 g/mol. The van der Waals surface area contributed by atoms with Crippen LogP contribution < -0.4 is 11.1 Å². The second-order valence-electron chi connectivity index (χ2n) is 3.48. The Morgan fingerprint density at radius 1 is 1.69 bits per heavy atom. The van der Waals surface area contributed by atoms with E-state index in [9.17, 15) is 4.79 Å². The van der Waals surface area contributed by atoms with Crippen LogP contribution in [0.3, 0.4) is 0 Å². The summed E-state index contributed by atoms with van der Waals surface area (Å²) < 4.78 is 5.37. The number of nitrogens with zero attached hydrogens (tertiary/aromatic N) is 2. The van der Waals surface area contributed by atoms with Gasteiger partial charge in [0.15, 0.2) is 5.96 Å². The van der Waals surface area contributed by atoms with E-state index >= 15 is 0 Å². The van der Waals surface area contributed by atoms with Crippen molar-refractivity contribution in [1.82, 2.24) is 10.2 Å². The summed E-state index contributed by atoms with van der Waals surface area (Å²) in [5.41, 5.74) is 5.75. The van der Waals surface area contributed by atoms with E-state index in [0.717, 1.165) is 13.1 Å². The summed E-state index contributed by atoms with van der Waals surface area (Å²) in [5, 5.41) is 2.49. The van der Waals surface area contributed by atoms with Crippen molar-refractivity contribution in [3.05, 3.63) is 0 Å². The van der Waals surface area contributed by atoms with Crippen LogP contribution in [0.25, 0.3) is 0 Å². The maximum absolute atomic E-state index is 10.9. The van der Waals surface area contributed by atoms with Gasteiger partial charge in [-0.15, -0.1) is 24.0 Å². The van der Waals surface area contributed by atoms with Gasteiger partial charge in [0.1, 0.15) is 6.54 Å². The minimum atomic E-state index is -0.140. The predicted molar refractivity (Wildman–Crippen MR) is 73.0 cm³/mol. The van der Waals surface area contributed by atoms with Crippen molar-refractivity contribution in [2.45, 2.75) is 13.0 Å². The Bertz CT molecular complexity index is 260. The van der Waals surface area contributed by atoms with Gasteiger partial charge in [-0.2, -0.15) is 0 Å². The van der Waals surface area contributed by atoms with Crippen molar-refractivity contribution in [3.63, 3.8) is 0 Å². The number of nitrogens with two attached hydrogens (primary N) is 1. The Labute approximate surface area is 113 Å². The third kappa shape index (κ3) is 4.97. The summed E-state index contributed by atoms with van der Waals surface area (Å²) >= 11 is 0. The summed E-state index contributed by atoms with van der Waals surface area (Å²) in [5.74, 6) is 0.271. The number of nitrogens with one attached hydrogen (secondary N) is 1. The fourth-order valence-electron chi connectivity index (χ4n) is 1.36. The molecule has 0 aromatic rings. The van der Waals surface area contributed by atoms with Gasteiger partial charge >= 0.3 is 0 Å². The Morgan fingerprint density at radius 2 is 2.38 bits per heavy atom. The van der Waals surface area contributed by atoms with Gasteiger partial charge < -0.3 is 20.7 Å². The Balaban J connectivity index is 0.00000225. The third-order valence-corrected chi connectivity index (χ3v) is 2.23. The summed E-state index contributed by atoms with van der Waals surface area (Å²) in [6.45, 7) is 4.17. The number of carbonyl (C=O) groups is 1. The maximum Gasteiger partial charge on any atom is 0.241 e. The second-order valence-corrected chi connectivity index (χ2v) is 3.48. The molecular formula is C9H19IN4O2. The highest BCUT2D eigenvalue weighted by molar-refractivity contribution is 14.0. The zero-order chi connectivity index (χ0) is 11.3. The molecule has 1 saturated heterocycles. The highest BCUT2D eigenvalue weighted by Crippen LogP contribution is 2.03. The van der Waals surface area contributed by atoms with Gasteiger partial charge in [-0.05, 0) is 6.92 Å². The molecule has 0 bridgehead atoms. The second kappa shape index (κ2) is 7.66. The topological polar surface area (TPSA) is 80.0 Å². The lowest BCUT2D eigenvalue weighted by molar-refractivity contribution is -0.119. The number of halogens is 1. The summed E-state index contributed by atoms with van der Waals surface area (Å²) in [4.78, 5) is 16.9. The van der Waals surface area contributed by atoms with Gasteiger partial charge in [0.2, 0.25) is 5.91 Å². The molecular weight excluding hydrogens is 323 g/mol. The van der Waals surface area contributed by atoms with Crippen LogP contribution in [0.2, 0.25) is 0 Å². The van der Waals surface area contributed by atoms with E-state index in [2.05, 4.69) is 10.3 Å². The number of ether oxygens (including phenoxy) is 1. The summed E-state index contributed by atoms with van der Waals surface area (Å²) in [6.07, 6.45) is 0.160. The quantitative estimate of drug-likeness (QED) is 0.399. The fraction of sp³-hybridized carbons (Fsp3) is 0.778. The molecule has 1 atom stereocenters. The van der Waals surface area contributed by atoms with E-state index in [1.807, 2.05) is 11.8 Å². The zero-order valence-corrected chi connectivity index (χ0v) is 11.9. The first kappa shape index (κ1) is 15.4. The lowest BCUT2D eigenvalue weighted by atomic mass is 10.3. The highest BCUT2D eigenvalue weighted by atomic mass is 127. The van der Waals surface area contributed by atoms with E-state index in [-0.39, 0.29) is 42.5 Å². The van der Waals surface area contributed by atoms with Crippen LogP contribution in [0, 0.1) is 0 Å². The Kier molecular flexibility index (Phi) is 7.39. The predicted octanol–water partition coefficient (Wildman–Crippen LogP) is -0.614. The third-order valence-electron chi connectivity index (χ3n) is 2.23. The number of hydrogen-bond donors (Lipinski definition) is 2. The number of likely N-dealkylation sites (N-methyl/N-ethyl adjacent to an activating group) is 1. The molecule has 0 saturated carbocycles. The lowest BCUT2D eigenvalue weighted by Gasteiger charge is -2.31. The number of aliphatic imine (C=N–C) groups is 1. The number of rotatable bonds is 2. The van der Waals surface area contributed by atoms with E-state index < -0.39 is 0 Å². The molecule has 0 aromatic heterocycles. The van der Waals surface area contributed by atoms with Crippen molar-refractivity contribution in [2.24, 2.45) is 10.7 Å². The monoisotopic (exact) mass is 342 g/mol. The minimum absolute atomic E-state index is 0. The van der Waals surface area contributed by atoms with Crippen molar-refractivity contribution < 1.29 is 9.53 Å². The number of hydrogen-bond acceptors (Lipinski definition) is 3. The zero-order valence-electron chi connectivity index (χ0n) is 9.60. The molecule has 1 fully saturated rings. The molecule has 1 rings (SSSR count). The molecule has 0 radical (unpaired) electrons. The normalized spacial score (nSPS) is 21.2. The van der Waals surface area contributed by atoms with Crippen LogP contribution in [-0.2, 0) is 9.53 Å². The molecule has 1 heterocycles. The molecule has 1 aliphatic rings.